The molecular weight excluding hydrogens is 414 g/mol. The van der Waals surface area contributed by atoms with Gasteiger partial charge in [-0.3, -0.25) is 14.4 Å². The Morgan fingerprint density at radius 3 is 2.58 bits per heavy atom. The van der Waals surface area contributed by atoms with Gasteiger partial charge >= 0.3 is 0 Å². The van der Waals surface area contributed by atoms with E-state index in [4.69, 9.17) is 0 Å². The van der Waals surface area contributed by atoms with Crippen molar-refractivity contribution in [2.24, 2.45) is 0 Å². The third-order valence-corrected chi connectivity index (χ3v) is 6.88. The van der Waals surface area contributed by atoms with Gasteiger partial charge in [-0.15, -0.1) is 10.2 Å². The molecule has 0 bridgehead atoms. The summed E-state index contributed by atoms with van der Waals surface area (Å²) in [5.74, 6) is 0.780. The number of hydrogen-bond acceptors (Lipinski definition) is 6. The van der Waals surface area contributed by atoms with Crippen molar-refractivity contribution in [1.82, 2.24) is 24.6 Å². The normalized spacial score (nSPS) is 15.8. The Hall–Kier alpha value is -2.42. The summed E-state index contributed by atoms with van der Waals surface area (Å²) in [4.78, 5) is 42.3. The summed E-state index contributed by atoms with van der Waals surface area (Å²) in [5.41, 5.74) is 2.47. The van der Waals surface area contributed by atoms with E-state index < -0.39 is 5.25 Å². The molecule has 168 valence electrons. The fourth-order valence-electron chi connectivity index (χ4n) is 4.16. The summed E-state index contributed by atoms with van der Waals surface area (Å²) in [6.45, 7) is 10.8. The number of ketones is 2. The second kappa shape index (κ2) is 9.80. The van der Waals surface area contributed by atoms with Crippen LogP contribution < -0.4 is 0 Å². The van der Waals surface area contributed by atoms with E-state index in [2.05, 4.69) is 15.2 Å². The molecule has 1 atom stereocenters. The Morgan fingerprint density at radius 2 is 1.94 bits per heavy atom. The van der Waals surface area contributed by atoms with Crippen LogP contribution in [0.1, 0.15) is 84.4 Å². The van der Waals surface area contributed by atoms with Crippen molar-refractivity contribution in [3.05, 3.63) is 28.3 Å². The fraction of sp³-hybridized carbons (Fsp3) is 0.591. The van der Waals surface area contributed by atoms with Crippen LogP contribution in [0.15, 0.2) is 5.16 Å². The quantitative estimate of drug-likeness (QED) is 0.491. The van der Waals surface area contributed by atoms with E-state index in [0.29, 0.717) is 47.2 Å². The first-order chi connectivity index (χ1) is 14.7. The Kier molecular flexibility index (Phi) is 7.35. The minimum Gasteiger partial charge on any atom is -0.355 e. The topological polar surface area (TPSA) is 101 Å². The van der Waals surface area contributed by atoms with Crippen molar-refractivity contribution in [3.63, 3.8) is 0 Å². The van der Waals surface area contributed by atoms with E-state index in [1.807, 2.05) is 30.2 Å². The molecule has 0 aromatic carbocycles. The Bertz CT molecular complexity index is 994. The van der Waals surface area contributed by atoms with Crippen molar-refractivity contribution in [2.75, 3.05) is 6.54 Å². The number of Topliss-reactive ketones (excluding diaryl/α,β-unsaturated/α-hetero) is 2. The molecule has 0 aliphatic carbocycles. The number of aromatic nitrogens is 4. The number of amides is 1. The molecule has 1 aliphatic heterocycles. The molecule has 3 heterocycles. The number of carbonyl (C=O) groups is 3. The molecule has 8 nitrogen and oxygen atoms in total. The average molecular weight is 446 g/mol. The SMILES string of the molecule is CCn1c(CN2CCCCCC2=O)nnc1SC(C)C(=O)c1[nH]c(C)c(C(C)=O)c1C. The van der Waals surface area contributed by atoms with Gasteiger partial charge in [-0.1, -0.05) is 18.2 Å². The van der Waals surface area contributed by atoms with Crippen molar-refractivity contribution < 1.29 is 14.4 Å². The van der Waals surface area contributed by atoms with Gasteiger partial charge in [0.25, 0.3) is 0 Å². The zero-order valence-corrected chi connectivity index (χ0v) is 19.8. The summed E-state index contributed by atoms with van der Waals surface area (Å²) in [7, 11) is 0. The van der Waals surface area contributed by atoms with Crippen LogP contribution in [0, 0.1) is 13.8 Å². The molecule has 0 spiro atoms. The predicted octanol–water partition coefficient (Wildman–Crippen LogP) is 3.71. The minimum absolute atomic E-state index is 0.0518. The molecule has 2 aromatic heterocycles. The number of aryl methyl sites for hydroxylation is 1. The van der Waals surface area contributed by atoms with Crippen LogP contribution in [-0.4, -0.2) is 53.9 Å². The smallest absolute Gasteiger partial charge is 0.222 e. The van der Waals surface area contributed by atoms with E-state index in [0.717, 1.165) is 31.6 Å². The zero-order valence-electron chi connectivity index (χ0n) is 18.9. The lowest BCUT2D eigenvalue weighted by atomic mass is 10.0. The standard InChI is InChI=1S/C22H31N5O3S/c1-6-27-17(12-26-11-9-7-8-10-18(26)29)24-25-22(27)31-16(5)21(30)20-13(2)19(15(4)28)14(3)23-20/h16,23H,6-12H2,1-5H3. The number of H-pyrrole nitrogens is 1. The summed E-state index contributed by atoms with van der Waals surface area (Å²) in [6, 6.07) is 0. The second-order valence-corrected chi connectivity index (χ2v) is 9.38. The maximum atomic E-state index is 13.1. The van der Waals surface area contributed by atoms with E-state index in [1.54, 1.807) is 6.92 Å². The third kappa shape index (κ3) is 4.92. The van der Waals surface area contributed by atoms with Crippen molar-refractivity contribution in [3.8, 4) is 0 Å². The van der Waals surface area contributed by atoms with E-state index in [-0.39, 0.29) is 17.5 Å². The van der Waals surface area contributed by atoms with Gasteiger partial charge in [-0.2, -0.15) is 0 Å². The molecule has 1 N–H and O–H groups in total. The summed E-state index contributed by atoms with van der Waals surface area (Å²) >= 11 is 1.35. The summed E-state index contributed by atoms with van der Waals surface area (Å²) in [5, 5.41) is 8.89. The molecule has 1 aliphatic rings. The monoisotopic (exact) mass is 445 g/mol. The van der Waals surface area contributed by atoms with Crippen molar-refractivity contribution >= 4 is 29.2 Å². The highest BCUT2D eigenvalue weighted by molar-refractivity contribution is 8.00. The number of carbonyl (C=O) groups excluding carboxylic acids is 3. The molecule has 3 rings (SSSR count). The molecule has 1 amide bonds. The lowest BCUT2D eigenvalue weighted by molar-refractivity contribution is -0.131. The fourth-order valence-corrected chi connectivity index (χ4v) is 5.15. The number of aromatic amines is 1. The highest BCUT2D eigenvalue weighted by Crippen LogP contribution is 2.28. The number of likely N-dealkylation sites (tertiary alicyclic amines) is 1. The second-order valence-electron chi connectivity index (χ2n) is 8.07. The molecule has 0 radical (unpaired) electrons. The molecule has 0 saturated carbocycles. The molecule has 9 heteroatoms. The van der Waals surface area contributed by atoms with Gasteiger partial charge in [0.2, 0.25) is 5.91 Å². The lowest BCUT2D eigenvalue weighted by Gasteiger charge is -2.20. The van der Waals surface area contributed by atoms with Crippen molar-refractivity contribution in [2.45, 2.75) is 83.8 Å². The van der Waals surface area contributed by atoms with Crippen LogP contribution in [0.5, 0.6) is 0 Å². The summed E-state index contributed by atoms with van der Waals surface area (Å²) < 4.78 is 1.97. The van der Waals surface area contributed by atoms with Crippen molar-refractivity contribution in [1.29, 1.82) is 0 Å². The number of nitrogens with one attached hydrogen (secondary N) is 1. The number of hydrogen-bond donors (Lipinski definition) is 1. The van der Waals surface area contributed by atoms with Crippen LogP contribution in [0.2, 0.25) is 0 Å². The van der Waals surface area contributed by atoms with E-state index in [9.17, 15) is 14.4 Å². The lowest BCUT2D eigenvalue weighted by Crippen LogP contribution is -2.31. The zero-order chi connectivity index (χ0) is 22.7. The number of thioether (sulfide) groups is 1. The van der Waals surface area contributed by atoms with Crippen LogP contribution in [0.25, 0.3) is 0 Å². The van der Waals surface area contributed by atoms with Gasteiger partial charge < -0.3 is 14.5 Å². The molecule has 2 aromatic rings. The highest BCUT2D eigenvalue weighted by Gasteiger charge is 2.27. The molecule has 31 heavy (non-hydrogen) atoms. The average Bonchev–Trinajstić information content (AvgIpc) is 3.16. The summed E-state index contributed by atoms with van der Waals surface area (Å²) in [6.07, 6.45) is 3.62. The largest absolute Gasteiger partial charge is 0.355 e. The molecule has 1 saturated heterocycles. The van der Waals surface area contributed by atoms with Gasteiger partial charge in [0.15, 0.2) is 22.5 Å². The maximum absolute atomic E-state index is 13.1. The van der Waals surface area contributed by atoms with Crippen LogP contribution in [0.3, 0.4) is 0 Å². The molecule has 1 fully saturated rings. The molecule has 1 unspecified atom stereocenters. The maximum Gasteiger partial charge on any atom is 0.222 e. The van der Waals surface area contributed by atoms with Crippen LogP contribution in [-0.2, 0) is 17.9 Å². The molecular formula is C22H31N5O3S. The van der Waals surface area contributed by atoms with Crippen LogP contribution >= 0.6 is 11.8 Å². The van der Waals surface area contributed by atoms with E-state index >= 15 is 0 Å². The third-order valence-electron chi connectivity index (χ3n) is 5.80. The van der Waals surface area contributed by atoms with Gasteiger partial charge in [0.1, 0.15) is 0 Å². The first kappa shape index (κ1) is 23.2. The first-order valence-corrected chi connectivity index (χ1v) is 11.7. The minimum atomic E-state index is -0.404. The number of nitrogens with zero attached hydrogens (tertiary/aromatic N) is 4. The van der Waals surface area contributed by atoms with Gasteiger partial charge in [-0.25, -0.2) is 0 Å². The first-order valence-electron chi connectivity index (χ1n) is 10.8. The highest BCUT2D eigenvalue weighted by atomic mass is 32.2. The van der Waals surface area contributed by atoms with Crippen LogP contribution in [0.4, 0.5) is 0 Å². The van der Waals surface area contributed by atoms with Gasteiger partial charge in [-0.05, 0) is 53.0 Å². The Balaban J connectivity index is 1.77. The van der Waals surface area contributed by atoms with Gasteiger partial charge in [0, 0.05) is 30.8 Å². The predicted molar refractivity (Wildman–Crippen MR) is 120 cm³/mol. The van der Waals surface area contributed by atoms with Gasteiger partial charge in [0.05, 0.1) is 17.5 Å². The Morgan fingerprint density at radius 1 is 1.19 bits per heavy atom. The Labute approximate surface area is 187 Å². The van der Waals surface area contributed by atoms with E-state index in [1.165, 1.54) is 18.7 Å². The number of rotatable bonds is 8.